The summed E-state index contributed by atoms with van der Waals surface area (Å²) in [6.07, 6.45) is 3.26. The minimum Gasteiger partial charge on any atom is -0.165 e. The van der Waals surface area contributed by atoms with Gasteiger partial charge in [-0.05, 0) is 30.1 Å². The maximum atomic E-state index is 6.30. The van der Waals surface area contributed by atoms with E-state index in [1.54, 1.807) is 0 Å². The Morgan fingerprint density at radius 2 is 1.88 bits per heavy atom. The van der Waals surface area contributed by atoms with E-state index in [-0.39, 0.29) is 5.41 Å². The fourth-order valence-electron chi connectivity index (χ4n) is 1.64. The van der Waals surface area contributed by atoms with Crippen molar-refractivity contribution in [3.8, 4) is 0 Å². The fraction of sp³-hybridized carbons (Fsp3) is 0.500. The second kappa shape index (κ2) is 7.30. The second-order valence-electron chi connectivity index (χ2n) is 3.77. The molecule has 0 saturated heterocycles. The Bertz CT molecular complexity index is 327. The summed E-state index contributed by atoms with van der Waals surface area (Å²) in [5.41, 5.74) is 1.33. The van der Waals surface area contributed by atoms with Gasteiger partial charge in [0.1, 0.15) is 0 Å². The molecule has 0 bridgehead atoms. The molecule has 0 N–H and O–H groups in total. The van der Waals surface area contributed by atoms with Crippen molar-refractivity contribution in [2.75, 3.05) is 22.7 Å². The quantitative estimate of drug-likeness (QED) is 0.612. The van der Waals surface area contributed by atoms with E-state index in [4.69, 9.17) is 11.6 Å². The molecule has 0 aliphatic rings. The molecular weight excluding hydrogens is 371 g/mol. The summed E-state index contributed by atoms with van der Waals surface area (Å²) in [7, 11) is 0. The van der Waals surface area contributed by atoms with Crippen molar-refractivity contribution in [2.24, 2.45) is 0 Å². The lowest BCUT2D eigenvalue weighted by Gasteiger charge is -2.31. The minimum absolute atomic E-state index is 0.0986. The van der Waals surface area contributed by atoms with Gasteiger partial charge in [0.15, 0.2) is 0 Å². The summed E-state index contributed by atoms with van der Waals surface area (Å²) in [5, 5.41) is 2.72. The third kappa shape index (κ3) is 3.41. The Morgan fingerprint density at radius 3 is 2.38 bits per heavy atom. The highest BCUT2D eigenvalue weighted by atomic mass is 79.9. The highest BCUT2D eigenvalue weighted by Gasteiger charge is 2.31. The van der Waals surface area contributed by atoms with E-state index in [2.05, 4.69) is 50.2 Å². The fourth-order valence-corrected chi connectivity index (χ4v) is 4.66. The predicted molar refractivity (Wildman–Crippen MR) is 83.7 cm³/mol. The molecule has 0 heterocycles. The summed E-state index contributed by atoms with van der Waals surface area (Å²) in [4.78, 5) is 0. The number of hydrogen-bond donors (Lipinski definition) is 0. The average molecular weight is 387 g/mol. The van der Waals surface area contributed by atoms with E-state index < -0.39 is 0 Å². The molecule has 1 aromatic rings. The Labute approximate surface area is 124 Å². The summed E-state index contributed by atoms with van der Waals surface area (Å²) < 4.78 is 0. The largest absolute Gasteiger partial charge is 0.165 e. The van der Waals surface area contributed by atoms with Gasteiger partial charge in [-0.1, -0.05) is 61.7 Å². The average Bonchev–Trinajstić information content (AvgIpc) is 2.33. The Kier molecular flexibility index (Phi) is 6.79. The molecule has 1 aromatic carbocycles. The standard InChI is InChI=1S/C12H15Br2ClS/c1-16-7-6-12(8-13,9-14)10-4-2-3-5-11(10)15/h2-5H,6-9H2,1H3. The Hall–Kier alpha value is 0.820. The van der Waals surface area contributed by atoms with Crippen molar-refractivity contribution < 1.29 is 0 Å². The lowest BCUT2D eigenvalue weighted by molar-refractivity contribution is 0.539. The lowest BCUT2D eigenvalue weighted by atomic mass is 9.82. The van der Waals surface area contributed by atoms with Crippen LogP contribution in [-0.4, -0.2) is 22.7 Å². The van der Waals surface area contributed by atoms with Crippen LogP contribution in [0, 0.1) is 0 Å². The zero-order valence-electron chi connectivity index (χ0n) is 9.18. The number of benzene rings is 1. The monoisotopic (exact) mass is 384 g/mol. The number of rotatable bonds is 6. The second-order valence-corrected chi connectivity index (χ2v) is 6.28. The molecule has 0 nitrogen and oxygen atoms in total. The maximum absolute atomic E-state index is 6.30. The van der Waals surface area contributed by atoms with E-state index in [0.717, 1.165) is 27.9 Å². The van der Waals surface area contributed by atoms with Crippen molar-refractivity contribution in [1.29, 1.82) is 0 Å². The number of alkyl halides is 2. The summed E-state index contributed by atoms with van der Waals surface area (Å²) in [6.45, 7) is 0. The third-order valence-electron chi connectivity index (χ3n) is 2.74. The normalized spacial score (nSPS) is 11.8. The van der Waals surface area contributed by atoms with E-state index in [0.29, 0.717) is 0 Å². The zero-order chi connectivity index (χ0) is 12.0. The summed E-state index contributed by atoms with van der Waals surface area (Å²) >= 11 is 15.4. The van der Waals surface area contributed by atoms with Crippen LogP contribution in [0.15, 0.2) is 24.3 Å². The molecule has 0 fully saturated rings. The molecule has 90 valence electrons. The lowest BCUT2D eigenvalue weighted by Crippen LogP contribution is -2.31. The van der Waals surface area contributed by atoms with E-state index in [1.807, 2.05) is 23.9 Å². The highest BCUT2D eigenvalue weighted by molar-refractivity contribution is 9.09. The van der Waals surface area contributed by atoms with Crippen LogP contribution in [0.3, 0.4) is 0 Å². The van der Waals surface area contributed by atoms with Gasteiger partial charge in [-0.2, -0.15) is 11.8 Å². The Balaban J connectivity index is 3.05. The van der Waals surface area contributed by atoms with Crippen molar-refractivity contribution >= 4 is 55.2 Å². The number of thioether (sulfide) groups is 1. The van der Waals surface area contributed by atoms with Crippen molar-refractivity contribution in [1.82, 2.24) is 0 Å². The van der Waals surface area contributed by atoms with E-state index in [9.17, 15) is 0 Å². The van der Waals surface area contributed by atoms with Crippen LogP contribution < -0.4 is 0 Å². The van der Waals surface area contributed by atoms with E-state index >= 15 is 0 Å². The number of halogens is 3. The molecule has 0 atom stereocenters. The van der Waals surface area contributed by atoms with Crippen LogP contribution in [0.1, 0.15) is 12.0 Å². The van der Waals surface area contributed by atoms with Gasteiger partial charge in [0.25, 0.3) is 0 Å². The van der Waals surface area contributed by atoms with Gasteiger partial charge in [-0.25, -0.2) is 0 Å². The summed E-state index contributed by atoms with van der Waals surface area (Å²) in [6, 6.07) is 8.13. The number of hydrogen-bond acceptors (Lipinski definition) is 1. The molecule has 0 aromatic heterocycles. The zero-order valence-corrected chi connectivity index (χ0v) is 13.9. The third-order valence-corrected chi connectivity index (χ3v) is 5.83. The smallest absolute Gasteiger partial charge is 0.0444 e. The molecule has 4 heteroatoms. The van der Waals surface area contributed by atoms with Crippen molar-refractivity contribution in [3.05, 3.63) is 34.9 Å². The first-order valence-corrected chi connectivity index (χ1v) is 9.07. The van der Waals surface area contributed by atoms with Crippen LogP contribution in [-0.2, 0) is 5.41 Å². The topological polar surface area (TPSA) is 0 Å². The first-order valence-electron chi connectivity index (χ1n) is 5.06. The molecule has 0 unspecified atom stereocenters. The van der Waals surface area contributed by atoms with Crippen molar-refractivity contribution in [2.45, 2.75) is 11.8 Å². The van der Waals surface area contributed by atoms with E-state index in [1.165, 1.54) is 5.56 Å². The molecule has 0 radical (unpaired) electrons. The molecule has 0 saturated carbocycles. The first-order chi connectivity index (χ1) is 7.70. The molecular formula is C12H15Br2ClS. The minimum atomic E-state index is 0.0986. The van der Waals surface area contributed by atoms with Crippen LogP contribution >= 0.6 is 55.2 Å². The van der Waals surface area contributed by atoms with Crippen LogP contribution in [0.25, 0.3) is 0 Å². The van der Waals surface area contributed by atoms with Gasteiger partial charge in [0.2, 0.25) is 0 Å². The van der Waals surface area contributed by atoms with Gasteiger partial charge in [0, 0.05) is 21.1 Å². The molecule has 0 aliphatic heterocycles. The van der Waals surface area contributed by atoms with Gasteiger partial charge >= 0.3 is 0 Å². The van der Waals surface area contributed by atoms with Crippen LogP contribution in [0.5, 0.6) is 0 Å². The summed E-state index contributed by atoms with van der Waals surface area (Å²) in [5.74, 6) is 1.14. The SMILES string of the molecule is CSCCC(CBr)(CBr)c1ccccc1Cl. The van der Waals surface area contributed by atoms with Crippen LogP contribution in [0.2, 0.25) is 5.02 Å². The Morgan fingerprint density at radius 1 is 1.25 bits per heavy atom. The van der Waals surface area contributed by atoms with Gasteiger partial charge in [-0.15, -0.1) is 0 Å². The molecule has 0 amide bonds. The molecule has 16 heavy (non-hydrogen) atoms. The predicted octanol–water partition coefficient (Wildman–Crippen LogP) is 5.12. The van der Waals surface area contributed by atoms with Gasteiger partial charge < -0.3 is 0 Å². The molecule has 0 spiro atoms. The highest BCUT2D eigenvalue weighted by Crippen LogP contribution is 2.37. The molecule has 0 aliphatic carbocycles. The van der Waals surface area contributed by atoms with Crippen LogP contribution in [0.4, 0.5) is 0 Å². The first kappa shape index (κ1) is 14.9. The molecule has 1 rings (SSSR count). The maximum Gasteiger partial charge on any atom is 0.0444 e. The van der Waals surface area contributed by atoms with Crippen molar-refractivity contribution in [3.63, 3.8) is 0 Å². The van der Waals surface area contributed by atoms with Gasteiger partial charge in [-0.3, -0.25) is 0 Å². The van der Waals surface area contributed by atoms with Gasteiger partial charge in [0.05, 0.1) is 0 Å².